The molecule has 2 aromatic rings. The van der Waals surface area contributed by atoms with Crippen LogP contribution in [0.3, 0.4) is 0 Å². The number of hydrogen-bond donors (Lipinski definition) is 0. The molecule has 0 aromatic heterocycles. The van der Waals surface area contributed by atoms with Crippen LogP contribution in [0.2, 0.25) is 10.0 Å². The normalized spacial score (nSPS) is 20.8. The lowest BCUT2D eigenvalue weighted by Crippen LogP contribution is -2.44. The molecule has 2 aliphatic carbocycles. The number of carbonyl (C=O) groups is 2. The lowest BCUT2D eigenvalue weighted by molar-refractivity contribution is -0.119. The van der Waals surface area contributed by atoms with E-state index in [1.54, 1.807) is 24.3 Å². The van der Waals surface area contributed by atoms with E-state index in [9.17, 15) is 14.0 Å². The SMILES string of the molecule is CCN1C2=C(C(=O)CC(C)(C)C2)C(c2cc(Cl)cc(Cl)c2OCc2cccc(F)c2)C2=C1CC(C)(C)CC2=O. The quantitative estimate of drug-likeness (QED) is 0.362. The van der Waals surface area contributed by atoms with Gasteiger partial charge in [-0.2, -0.15) is 0 Å². The highest BCUT2D eigenvalue weighted by Crippen LogP contribution is 2.56. The van der Waals surface area contributed by atoms with Crippen molar-refractivity contribution in [2.75, 3.05) is 6.54 Å². The zero-order valence-electron chi connectivity index (χ0n) is 23.1. The van der Waals surface area contributed by atoms with Crippen molar-refractivity contribution in [3.05, 3.63) is 85.9 Å². The predicted octanol–water partition coefficient (Wildman–Crippen LogP) is 8.42. The fraction of sp³-hybridized carbons (Fsp3) is 0.438. The number of halogens is 3. The number of nitrogens with zero attached hydrogens (tertiary/aromatic N) is 1. The van der Waals surface area contributed by atoms with Gasteiger partial charge in [0.1, 0.15) is 18.2 Å². The molecule has 4 nitrogen and oxygen atoms in total. The van der Waals surface area contributed by atoms with Gasteiger partial charge in [-0.25, -0.2) is 4.39 Å². The average Bonchev–Trinajstić information content (AvgIpc) is 2.80. The largest absolute Gasteiger partial charge is 0.487 e. The highest BCUT2D eigenvalue weighted by atomic mass is 35.5. The van der Waals surface area contributed by atoms with Crippen LogP contribution in [0.5, 0.6) is 5.75 Å². The Hall–Kier alpha value is -2.63. The van der Waals surface area contributed by atoms with Crippen LogP contribution in [0.25, 0.3) is 0 Å². The van der Waals surface area contributed by atoms with Crippen LogP contribution in [0, 0.1) is 16.6 Å². The minimum absolute atomic E-state index is 0.0288. The summed E-state index contributed by atoms with van der Waals surface area (Å²) in [6, 6.07) is 9.53. The Balaban J connectivity index is 1.73. The molecule has 0 atom stereocenters. The Morgan fingerprint density at radius 2 is 1.51 bits per heavy atom. The third-order valence-electron chi connectivity index (χ3n) is 7.96. The average molecular weight is 571 g/mol. The van der Waals surface area contributed by atoms with Crippen LogP contribution in [0.1, 0.15) is 77.3 Å². The van der Waals surface area contributed by atoms with E-state index in [4.69, 9.17) is 27.9 Å². The number of rotatable bonds is 5. The lowest BCUT2D eigenvalue weighted by atomic mass is 9.63. The topological polar surface area (TPSA) is 46.6 Å². The molecular formula is C32H34Cl2FNO3. The molecule has 3 aliphatic rings. The van der Waals surface area contributed by atoms with Crippen molar-refractivity contribution in [2.24, 2.45) is 10.8 Å². The molecule has 7 heteroatoms. The van der Waals surface area contributed by atoms with E-state index < -0.39 is 5.92 Å². The summed E-state index contributed by atoms with van der Waals surface area (Å²) in [4.78, 5) is 30.1. The second-order valence-electron chi connectivity index (χ2n) is 12.5. The summed E-state index contributed by atoms with van der Waals surface area (Å²) in [6.07, 6.45) is 2.21. The fourth-order valence-electron chi connectivity index (χ4n) is 6.47. The summed E-state index contributed by atoms with van der Waals surface area (Å²) >= 11 is 13.3. The number of benzene rings is 2. The highest BCUT2D eigenvalue weighted by molar-refractivity contribution is 6.35. The molecule has 1 aliphatic heterocycles. The number of allylic oxidation sites excluding steroid dienone is 4. The second-order valence-corrected chi connectivity index (χ2v) is 13.3. The van der Waals surface area contributed by atoms with E-state index in [0.29, 0.717) is 52.4 Å². The van der Waals surface area contributed by atoms with Gasteiger partial charge in [-0.3, -0.25) is 9.59 Å². The van der Waals surface area contributed by atoms with Crippen molar-refractivity contribution in [2.45, 2.75) is 72.8 Å². The summed E-state index contributed by atoms with van der Waals surface area (Å²) in [5, 5.41) is 0.672. The van der Waals surface area contributed by atoms with E-state index in [-0.39, 0.29) is 39.8 Å². The monoisotopic (exact) mass is 569 g/mol. The molecule has 1 heterocycles. The molecule has 0 unspecified atom stereocenters. The molecule has 39 heavy (non-hydrogen) atoms. The smallest absolute Gasteiger partial charge is 0.162 e. The molecule has 0 N–H and O–H groups in total. The minimum atomic E-state index is -0.635. The van der Waals surface area contributed by atoms with Gasteiger partial charge in [-0.05, 0) is 60.4 Å². The first kappa shape index (κ1) is 27.9. The van der Waals surface area contributed by atoms with E-state index in [1.165, 1.54) is 12.1 Å². The Bertz CT molecular complexity index is 1380. The molecule has 0 spiro atoms. The maximum absolute atomic E-state index is 13.9. The standard InChI is InChI=1S/C32H34Cl2FNO3/c1-6-36-23-13-31(2,3)15-25(37)28(23)27(29-24(36)14-32(4,5)16-26(29)38)21-11-19(33)12-22(34)30(21)39-17-18-8-7-9-20(35)10-18/h7-12,27H,6,13-17H2,1-5H3. The summed E-state index contributed by atoms with van der Waals surface area (Å²) in [5.74, 6) is -0.582. The van der Waals surface area contributed by atoms with Gasteiger partial charge in [0.15, 0.2) is 11.6 Å². The summed E-state index contributed by atoms with van der Waals surface area (Å²) in [5.41, 5.74) is 4.04. The number of Topliss-reactive ketones (excluding diaryl/α,β-unsaturated/α-hetero) is 2. The first-order valence-corrected chi connectivity index (χ1v) is 14.2. The molecule has 0 saturated carbocycles. The second kappa shape index (κ2) is 10.1. The van der Waals surface area contributed by atoms with E-state index in [0.717, 1.165) is 24.2 Å². The van der Waals surface area contributed by atoms with E-state index in [2.05, 4.69) is 39.5 Å². The molecule has 2 aromatic carbocycles. The molecule has 206 valence electrons. The lowest BCUT2D eigenvalue weighted by Gasteiger charge is -2.49. The van der Waals surface area contributed by atoms with Crippen molar-refractivity contribution in [3.8, 4) is 5.75 Å². The van der Waals surface area contributed by atoms with Gasteiger partial charge in [0, 0.05) is 58.4 Å². The van der Waals surface area contributed by atoms with Gasteiger partial charge >= 0.3 is 0 Å². The summed E-state index contributed by atoms with van der Waals surface area (Å²) < 4.78 is 20.1. The fourth-order valence-corrected chi connectivity index (χ4v) is 7.03. The first-order valence-electron chi connectivity index (χ1n) is 13.5. The van der Waals surface area contributed by atoms with E-state index >= 15 is 0 Å². The van der Waals surface area contributed by atoms with Crippen molar-refractivity contribution in [1.82, 2.24) is 4.90 Å². The maximum Gasteiger partial charge on any atom is 0.162 e. The van der Waals surface area contributed by atoms with Crippen molar-refractivity contribution < 1.29 is 18.7 Å². The van der Waals surface area contributed by atoms with E-state index in [1.807, 2.05) is 0 Å². The molecule has 5 rings (SSSR count). The van der Waals surface area contributed by atoms with Crippen molar-refractivity contribution in [1.29, 1.82) is 0 Å². The first-order chi connectivity index (χ1) is 18.3. The number of carbonyl (C=O) groups excluding carboxylic acids is 2. The van der Waals surface area contributed by atoms with Crippen LogP contribution in [0.4, 0.5) is 4.39 Å². The van der Waals surface area contributed by atoms with Gasteiger partial charge in [-0.1, -0.05) is 63.0 Å². The zero-order chi connectivity index (χ0) is 28.3. The van der Waals surface area contributed by atoms with Gasteiger partial charge in [0.05, 0.1) is 5.02 Å². The Kier molecular flexibility index (Phi) is 7.22. The Morgan fingerprint density at radius 1 is 0.923 bits per heavy atom. The van der Waals surface area contributed by atoms with Gasteiger partial charge < -0.3 is 9.64 Å². The van der Waals surface area contributed by atoms with Gasteiger partial charge in [-0.15, -0.1) is 0 Å². The predicted molar refractivity (Wildman–Crippen MR) is 152 cm³/mol. The van der Waals surface area contributed by atoms with Gasteiger partial charge in [0.25, 0.3) is 0 Å². The third-order valence-corrected chi connectivity index (χ3v) is 8.46. The molecule has 0 amide bonds. The third kappa shape index (κ3) is 5.28. The van der Waals surface area contributed by atoms with Crippen molar-refractivity contribution in [3.63, 3.8) is 0 Å². The summed E-state index contributed by atoms with van der Waals surface area (Å²) in [6.45, 7) is 11.2. The number of ether oxygens (including phenoxy) is 1. The zero-order valence-corrected chi connectivity index (χ0v) is 24.6. The Labute approximate surface area is 239 Å². The molecule has 0 bridgehead atoms. The molecule has 0 fully saturated rings. The number of hydrogen-bond acceptors (Lipinski definition) is 4. The molecule has 0 radical (unpaired) electrons. The maximum atomic E-state index is 13.9. The summed E-state index contributed by atoms with van der Waals surface area (Å²) in [7, 11) is 0. The molecular weight excluding hydrogens is 536 g/mol. The highest BCUT2D eigenvalue weighted by Gasteiger charge is 2.49. The van der Waals surface area contributed by atoms with Crippen molar-refractivity contribution >= 4 is 34.8 Å². The van der Waals surface area contributed by atoms with Gasteiger partial charge in [0.2, 0.25) is 0 Å². The Morgan fingerprint density at radius 3 is 2.05 bits per heavy atom. The van der Waals surface area contributed by atoms with Crippen LogP contribution in [0.15, 0.2) is 58.9 Å². The molecule has 0 saturated heterocycles. The minimum Gasteiger partial charge on any atom is -0.487 e. The van der Waals surface area contributed by atoms with Crippen LogP contribution in [-0.2, 0) is 16.2 Å². The number of ketones is 2. The van der Waals surface area contributed by atoms with Crippen LogP contribution < -0.4 is 4.74 Å². The van der Waals surface area contributed by atoms with Crippen LogP contribution >= 0.6 is 23.2 Å². The van der Waals surface area contributed by atoms with Crippen LogP contribution in [-0.4, -0.2) is 23.0 Å².